The predicted octanol–water partition coefficient (Wildman–Crippen LogP) is 1.10. The SMILES string of the molecule is CCCCNS(=O)(=O)CCCCNCC. The summed E-state index contributed by atoms with van der Waals surface area (Å²) in [4.78, 5) is 0. The third kappa shape index (κ3) is 10.2. The molecule has 0 radical (unpaired) electrons. The molecule has 0 aromatic carbocycles. The predicted molar refractivity (Wildman–Crippen MR) is 64.5 cm³/mol. The molecule has 92 valence electrons. The van der Waals surface area contributed by atoms with Gasteiger partial charge in [-0.3, -0.25) is 0 Å². The van der Waals surface area contributed by atoms with E-state index in [4.69, 9.17) is 0 Å². The monoisotopic (exact) mass is 236 g/mol. The zero-order chi connectivity index (χ0) is 11.6. The van der Waals surface area contributed by atoms with E-state index in [1.807, 2.05) is 13.8 Å². The second-order valence-electron chi connectivity index (χ2n) is 3.63. The Balaban J connectivity index is 3.47. The fourth-order valence-corrected chi connectivity index (χ4v) is 2.38. The smallest absolute Gasteiger partial charge is 0.211 e. The highest BCUT2D eigenvalue weighted by atomic mass is 32.2. The first-order valence-corrected chi connectivity index (χ1v) is 7.45. The van der Waals surface area contributed by atoms with Crippen molar-refractivity contribution in [1.82, 2.24) is 10.0 Å². The molecule has 0 aliphatic carbocycles. The minimum Gasteiger partial charge on any atom is -0.317 e. The highest BCUT2D eigenvalue weighted by Gasteiger charge is 2.07. The highest BCUT2D eigenvalue weighted by molar-refractivity contribution is 7.89. The zero-order valence-corrected chi connectivity index (χ0v) is 10.7. The van der Waals surface area contributed by atoms with Gasteiger partial charge in [-0.15, -0.1) is 0 Å². The fourth-order valence-electron chi connectivity index (χ4n) is 1.20. The molecule has 0 spiro atoms. The molecule has 0 aromatic rings. The number of nitrogens with one attached hydrogen (secondary N) is 2. The molecule has 0 fully saturated rings. The summed E-state index contributed by atoms with van der Waals surface area (Å²) in [6.07, 6.45) is 3.58. The maximum absolute atomic E-state index is 11.4. The standard InChI is InChI=1S/C10H24N2O2S/c1-3-5-9-12-15(13,14)10-7-6-8-11-4-2/h11-12H,3-10H2,1-2H3. The topological polar surface area (TPSA) is 58.2 Å². The fraction of sp³-hybridized carbons (Fsp3) is 1.00. The number of hydrogen-bond donors (Lipinski definition) is 2. The second kappa shape index (κ2) is 9.12. The molecule has 2 N–H and O–H groups in total. The summed E-state index contributed by atoms with van der Waals surface area (Å²) in [6, 6.07) is 0. The van der Waals surface area contributed by atoms with Crippen molar-refractivity contribution in [3.8, 4) is 0 Å². The van der Waals surface area contributed by atoms with E-state index in [0.29, 0.717) is 6.54 Å². The van der Waals surface area contributed by atoms with E-state index >= 15 is 0 Å². The van der Waals surface area contributed by atoms with E-state index in [9.17, 15) is 8.42 Å². The molecule has 4 nitrogen and oxygen atoms in total. The molecule has 0 unspecified atom stereocenters. The highest BCUT2D eigenvalue weighted by Crippen LogP contribution is 1.94. The van der Waals surface area contributed by atoms with E-state index in [1.165, 1.54) is 0 Å². The Labute approximate surface area is 93.9 Å². The van der Waals surface area contributed by atoms with Crippen LogP contribution in [0.4, 0.5) is 0 Å². The summed E-state index contributed by atoms with van der Waals surface area (Å²) >= 11 is 0. The van der Waals surface area contributed by atoms with E-state index in [-0.39, 0.29) is 5.75 Å². The summed E-state index contributed by atoms with van der Waals surface area (Å²) < 4.78 is 25.4. The molecule has 0 bridgehead atoms. The van der Waals surface area contributed by atoms with Crippen LogP contribution in [-0.4, -0.2) is 33.8 Å². The van der Waals surface area contributed by atoms with Crippen LogP contribution < -0.4 is 10.0 Å². The summed E-state index contributed by atoms with van der Waals surface area (Å²) in [5.74, 6) is 0.252. The molecule has 0 amide bonds. The Bertz CT molecular complexity index is 228. The summed E-state index contributed by atoms with van der Waals surface area (Å²) in [5, 5.41) is 3.17. The van der Waals surface area contributed by atoms with Crippen LogP contribution in [0.1, 0.15) is 39.5 Å². The quantitative estimate of drug-likeness (QED) is 0.558. The summed E-state index contributed by atoms with van der Waals surface area (Å²) in [7, 11) is -3.02. The second-order valence-corrected chi connectivity index (χ2v) is 5.55. The van der Waals surface area contributed by atoms with Crippen molar-refractivity contribution >= 4 is 10.0 Å². The number of unbranched alkanes of at least 4 members (excludes halogenated alkanes) is 2. The Morgan fingerprint density at radius 3 is 2.33 bits per heavy atom. The average Bonchev–Trinajstić information content (AvgIpc) is 2.17. The van der Waals surface area contributed by atoms with Crippen LogP contribution >= 0.6 is 0 Å². The third-order valence-corrected chi connectivity index (χ3v) is 3.59. The van der Waals surface area contributed by atoms with E-state index in [2.05, 4.69) is 10.0 Å². The summed E-state index contributed by atoms with van der Waals surface area (Å²) in [5.41, 5.74) is 0. The van der Waals surface area contributed by atoms with Gasteiger partial charge in [0.1, 0.15) is 0 Å². The number of rotatable bonds is 10. The first-order chi connectivity index (χ1) is 7.12. The van der Waals surface area contributed by atoms with E-state index in [0.717, 1.165) is 38.8 Å². The molecule has 0 atom stereocenters. The first-order valence-electron chi connectivity index (χ1n) is 5.80. The molecule has 0 saturated carbocycles. The van der Waals surface area contributed by atoms with Gasteiger partial charge in [0.05, 0.1) is 5.75 Å². The minimum absolute atomic E-state index is 0.252. The minimum atomic E-state index is -3.02. The van der Waals surface area contributed by atoms with Crippen molar-refractivity contribution in [2.45, 2.75) is 39.5 Å². The van der Waals surface area contributed by atoms with Crippen molar-refractivity contribution in [1.29, 1.82) is 0 Å². The van der Waals surface area contributed by atoms with Gasteiger partial charge in [0.2, 0.25) is 10.0 Å². The Kier molecular flexibility index (Phi) is 9.04. The molecule has 5 heteroatoms. The zero-order valence-electron chi connectivity index (χ0n) is 9.88. The maximum atomic E-state index is 11.4. The third-order valence-electron chi connectivity index (χ3n) is 2.12. The van der Waals surface area contributed by atoms with Gasteiger partial charge in [0.25, 0.3) is 0 Å². The molecule has 0 rings (SSSR count). The molecule has 0 saturated heterocycles. The van der Waals surface area contributed by atoms with Crippen LogP contribution in [0.15, 0.2) is 0 Å². The average molecular weight is 236 g/mol. The molecular formula is C10H24N2O2S. The molecule has 0 heterocycles. The lowest BCUT2D eigenvalue weighted by Crippen LogP contribution is -2.27. The Morgan fingerprint density at radius 1 is 1.00 bits per heavy atom. The van der Waals surface area contributed by atoms with Crippen LogP contribution in [0, 0.1) is 0 Å². The lowest BCUT2D eigenvalue weighted by molar-refractivity contribution is 0.571. The summed E-state index contributed by atoms with van der Waals surface area (Å²) in [6.45, 7) is 6.52. The van der Waals surface area contributed by atoms with Gasteiger partial charge >= 0.3 is 0 Å². The van der Waals surface area contributed by atoms with Gasteiger partial charge in [0, 0.05) is 6.54 Å². The Morgan fingerprint density at radius 2 is 1.73 bits per heavy atom. The van der Waals surface area contributed by atoms with Crippen LogP contribution in [0.5, 0.6) is 0 Å². The Hall–Kier alpha value is -0.130. The van der Waals surface area contributed by atoms with Gasteiger partial charge in [-0.05, 0) is 32.4 Å². The number of hydrogen-bond acceptors (Lipinski definition) is 3. The van der Waals surface area contributed by atoms with Gasteiger partial charge < -0.3 is 5.32 Å². The van der Waals surface area contributed by atoms with Crippen LogP contribution in [0.3, 0.4) is 0 Å². The molecular weight excluding hydrogens is 212 g/mol. The van der Waals surface area contributed by atoms with Crippen molar-refractivity contribution < 1.29 is 8.42 Å². The first kappa shape index (κ1) is 14.9. The van der Waals surface area contributed by atoms with Gasteiger partial charge in [-0.1, -0.05) is 20.3 Å². The maximum Gasteiger partial charge on any atom is 0.211 e. The van der Waals surface area contributed by atoms with Crippen molar-refractivity contribution in [3.05, 3.63) is 0 Å². The van der Waals surface area contributed by atoms with Gasteiger partial charge in [-0.2, -0.15) is 0 Å². The normalized spacial score (nSPS) is 11.9. The van der Waals surface area contributed by atoms with Crippen molar-refractivity contribution in [3.63, 3.8) is 0 Å². The number of sulfonamides is 1. The largest absolute Gasteiger partial charge is 0.317 e. The van der Waals surface area contributed by atoms with Crippen LogP contribution in [-0.2, 0) is 10.0 Å². The van der Waals surface area contributed by atoms with Crippen LogP contribution in [0.25, 0.3) is 0 Å². The van der Waals surface area contributed by atoms with Gasteiger partial charge in [-0.25, -0.2) is 13.1 Å². The molecule has 0 aromatic heterocycles. The lowest BCUT2D eigenvalue weighted by atomic mass is 10.3. The van der Waals surface area contributed by atoms with E-state index < -0.39 is 10.0 Å². The van der Waals surface area contributed by atoms with Crippen LogP contribution in [0.2, 0.25) is 0 Å². The van der Waals surface area contributed by atoms with Crippen molar-refractivity contribution in [2.24, 2.45) is 0 Å². The lowest BCUT2D eigenvalue weighted by Gasteiger charge is -2.05. The molecule has 0 aliphatic rings. The van der Waals surface area contributed by atoms with E-state index in [1.54, 1.807) is 0 Å². The molecule has 15 heavy (non-hydrogen) atoms. The van der Waals surface area contributed by atoms with Gasteiger partial charge in [0.15, 0.2) is 0 Å². The van der Waals surface area contributed by atoms with Crippen molar-refractivity contribution in [2.75, 3.05) is 25.4 Å². The molecule has 0 aliphatic heterocycles.